The van der Waals surface area contributed by atoms with Crippen LogP contribution in [0.1, 0.15) is 27.7 Å². The molecule has 0 aliphatic heterocycles. The Bertz CT molecular complexity index is 752. The van der Waals surface area contributed by atoms with Gasteiger partial charge in [-0.15, -0.1) is 11.8 Å². The molecule has 0 saturated heterocycles. The normalized spacial score (nSPS) is 12.0. The van der Waals surface area contributed by atoms with Crippen LogP contribution in [0.5, 0.6) is 0 Å². The second kappa shape index (κ2) is 7.29. The van der Waals surface area contributed by atoms with Crippen molar-refractivity contribution in [1.82, 2.24) is 9.97 Å². The average Bonchev–Trinajstić information content (AvgIpc) is 3.12. The highest BCUT2D eigenvalue weighted by Crippen LogP contribution is 2.28. The number of benzene rings is 2. The number of nitrogens with one attached hydrogen (secondary N) is 1. The minimum atomic E-state index is -0.214. The third-order valence-corrected chi connectivity index (χ3v) is 4.79. The number of H-pyrrole nitrogens is 1. The van der Waals surface area contributed by atoms with E-state index in [9.17, 15) is 4.79 Å². The topological polar surface area (TPSA) is 45.8 Å². The van der Waals surface area contributed by atoms with Crippen LogP contribution in [0.4, 0.5) is 0 Å². The number of thioether (sulfide) groups is 1. The third kappa shape index (κ3) is 3.90. The van der Waals surface area contributed by atoms with Gasteiger partial charge >= 0.3 is 0 Å². The number of aromatic amines is 1. The molecule has 0 fully saturated rings. The van der Waals surface area contributed by atoms with Gasteiger partial charge in [-0.05, 0) is 24.6 Å². The van der Waals surface area contributed by atoms with Gasteiger partial charge in [0.15, 0.2) is 5.82 Å². The predicted octanol–water partition coefficient (Wildman–Crippen LogP) is 4.48. The number of carbonyl (C=O) groups is 1. The first-order valence-electron chi connectivity index (χ1n) is 7.52. The van der Waals surface area contributed by atoms with Crippen LogP contribution in [0.25, 0.3) is 0 Å². The Morgan fingerprint density at radius 3 is 2.52 bits per heavy atom. The van der Waals surface area contributed by atoms with Crippen molar-refractivity contribution in [2.24, 2.45) is 0 Å². The fraction of sp³-hybridized carbons (Fsp3) is 0.158. The summed E-state index contributed by atoms with van der Waals surface area (Å²) in [5.74, 6) is 0.921. The first-order chi connectivity index (χ1) is 11.2. The molecule has 1 N–H and O–H groups in total. The van der Waals surface area contributed by atoms with Gasteiger partial charge < -0.3 is 4.98 Å². The standard InChI is InChI=1S/C19H18N2OS/c1-14-7-9-16(10-8-14)23-13-17(15-5-3-2-4-6-15)18(22)19-20-11-12-21-19/h2-12,17H,13H2,1H3,(H,20,21). The highest BCUT2D eigenvalue weighted by Gasteiger charge is 2.24. The van der Waals surface area contributed by atoms with Crippen LogP contribution in [-0.4, -0.2) is 21.5 Å². The van der Waals surface area contributed by atoms with E-state index in [-0.39, 0.29) is 11.7 Å². The first-order valence-corrected chi connectivity index (χ1v) is 8.50. The Morgan fingerprint density at radius 1 is 1.13 bits per heavy atom. The molecule has 23 heavy (non-hydrogen) atoms. The second-order valence-corrected chi connectivity index (χ2v) is 6.48. The average molecular weight is 322 g/mol. The van der Waals surface area contributed by atoms with E-state index in [2.05, 4.69) is 41.2 Å². The molecule has 1 unspecified atom stereocenters. The SMILES string of the molecule is Cc1ccc(SCC(C(=O)c2ncc[nH]2)c2ccccc2)cc1. The number of nitrogens with zero attached hydrogens (tertiary/aromatic N) is 1. The summed E-state index contributed by atoms with van der Waals surface area (Å²) in [6.07, 6.45) is 3.30. The predicted molar refractivity (Wildman–Crippen MR) is 94.0 cm³/mol. The van der Waals surface area contributed by atoms with Crippen molar-refractivity contribution in [3.05, 3.63) is 83.9 Å². The summed E-state index contributed by atoms with van der Waals surface area (Å²) >= 11 is 1.70. The smallest absolute Gasteiger partial charge is 0.206 e. The molecule has 116 valence electrons. The van der Waals surface area contributed by atoms with Gasteiger partial charge in [-0.3, -0.25) is 4.79 Å². The molecule has 0 aliphatic carbocycles. The van der Waals surface area contributed by atoms with Crippen molar-refractivity contribution in [1.29, 1.82) is 0 Å². The van der Waals surface area contributed by atoms with Crippen LogP contribution in [-0.2, 0) is 0 Å². The number of hydrogen-bond acceptors (Lipinski definition) is 3. The van der Waals surface area contributed by atoms with Crippen molar-refractivity contribution in [2.45, 2.75) is 17.7 Å². The van der Waals surface area contributed by atoms with Gasteiger partial charge in [0.25, 0.3) is 0 Å². The minimum absolute atomic E-state index is 0.0285. The lowest BCUT2D eigenvalue weighted by atomic mass is 9.96. The highest BCUT2D eigenvalue weighted by molar-refractivity contribution is 7.99. The Morgan fingerprint density at radius 2 is 1.87 bits per heavy atom. The summed E-state index contributed by atoms with van der Waals surface area (Å²) in [7, 11) is 0. The van der Waals surface area contributed by atoms with Gasteiger partial charge in [-0.2, -0.15) is 0 Å². The Balaban J connectivity index is 1.80. The molecule has 4 heteroatoms. The molecular formula is C19H18N2OS. The Labute approximate surface area is 140 Å². The molecule has 3 rings (SSSR count). The molecule has 1 heterocycles. The summed E-state index contributed by atoms with van der Waals surface area (Å²) in [6, 6.07) is 18.3. The van der Waals surface area contributed by atoms with Crippen molar-refractivity contribution in [3.8, 4) is 0 Å². The first kappa shape index (κ1) is 15.6. The van der Waals surface area contributed by atoms with E-state index in [4.69, 9.17) is 0 Å². The van der Waals surface area contributed by atoms with Crippen LogP contribution in [0.2, 0.25) is 0 Å². The number of rotatable bonds is 6. The van der Waals surface area contributed by atoms with Crippen LogP contribution >= 0.6 is 11.8 Å². The number of Topliss-reactive ketones (excluding diaryl/α,β-unsaturated/α-hetero) is 1. The maximum Gasteiger partial charge on any atom is 0.206 e. The second-order valence-electron chi connectivity index (χ2n) is 5.39. The number of carbonyl (C=O) groups excluding carboxylic acids is 1. The van der Waals surface area contributed by atoms with Gasteiger partial charge in [0, 0.05) is 23.0 Å². The van der Waals surface area contributed by atoms with Gasteiger partial charge in [-0.25, -0.2) is 4.98 Å². The zero-order valence-electron chi connectivity index (χ0n) is 12.9. The Hall–Kier alpha value is -2.33. The maximum absolute atomic E-state index is 12.8. The largest absolute Gasteiger partial charge is 0.342 e. The molecule has 0 spiro atoms. The lowest BCUT2D eigenvalue weighted by molar-refractivity contribution is 0.0958. The van der Waals surface area contributed by atoms with Crippen LogP contribution in [0.15, 0.2) is 71.9 Å². The van der Waals surface area contributed by atoms with Crippen molar-refractivity contribution >= 4 is 17.5 Å². The molecule has 0 radical (unpaired) electrons. The van der Waals surface area contributed by atoms with Gasteiger partial charge in [0.2, 0.25) is 5.78 Å². The zero-order valence-corrected chi connectivity index (χ0v) is 13.7. The quantitative estimate of drug-likeness (QED) is 0.538. The molecule has 0 saturated carbocycles. The zero-order chi connectivity index (χ0) is 16.1. The summed E-state index contributed by atoms with van der Waals surface area (Å²) in [4.78, 5) is 21.0. The molecule has 0 bridgehead atoms. The van der Waals surface area contributed by atoms with Crippen molar-refractivity contribution in [2.75, 3.05) is 5.75 Å². The molecule has 1 aromatic heterocycles. The molecular weight excluding hydrogens is 304 g/mol. The highest BCUT2D eigenvalue weighted by atomic mass is 32.2. The van der Waals surface area contributed by atoms with E-state index in [1.165, 1.54) is 10.5 Å². The summed E-state index contributed by atoms with van der Waals surface area (Å²) < 4.78 is 0. The van der Waals surface area contributed by atoms with Crippen LogP contribution in [0, 0.1) is 6.92 Å². The monoisotopic (exact) mass is 322 g/mol. The van der Waals surface area contributed by atoms with E-state index in [1.807, 2.05) is 30.3 Å². The molecule has 1 atom stereocenters. The molecule has 2 aromatic carbocycles. The fourth-order valence-corrected chi connectivity index (χ4v) is 3.42. The lowest BCUT2D eigenvalue weighted by Gasteiger charge is -2.15. The summed E-state index contributed by atoms with van der Waals surface area (Å²) in [5, 5.41) is 0. The maximum atomic E-state index is 12.8. The third-order valence-electron chi connectivity index (χ3n) is 3.69. The number of imidazole rings is 1. The van der Waals surface area contributed by atoms with E-state index in [0.717, 1.165) is 5.56 Å². The van der Waals surface area contributed by atoms with E-state index in [1.54, 1.807) is 24.2 Å². The molecule has 0 aliphatic rings. The summed E-state index contributed by atoms with van der Waals surface area (Å²) in [5.41, 5.74) is 2.26. The van der Waals surface area contributed by atoms with Crippen LogP contribution < -0.4 is 0 Å². The van der Waals surface area contributed by atoms with Gasteiger partial charge in [0.1, 0.15) is 0 Å². The van der Waals surface area contributed by atoms with Crippen molar-refractivity contribution in [3.63, 3.8) is 0 Å². The van der Waals surface area contributed by atoms with E-state index >= 15 is 0 Å². The van der Waals surface area contributed by atoms with Gasteiger partial charge in [0.05, 0.1) is 5.92 Å². The number of ketones is 1. The molecule has 3 nitrogen and oxygen atoms in total. The molecule has 0 amide bonds. The number of hydrogen-bond donors (Lipinski definition) is 1. The van der Waals surface area contributed by atoms with Crippen molar-refractivity contribution < 1.29 is 4.79 Å². The Kier molecular flexibility index (Phi) is 4.93. The van der Waals surface area contributed by atoms with Gasteiger partial charge in [-0.1, -0.05) is 48.0 Å². The van der Waals surface area contributed by atoms with E-state index < -0.39 is 0 Å². The minimum Gasteiger partial charge on any atom is -0.342 e. The lowest BCUT2D eigenvalue weighted by Crippen LogP contribution is -2.17. The number of aryl methyl sites for hydroxylation is 1. The fourth-order valence-electron chi connectivity index (χ4n) is 2.39. The van der Waals surface area contributed by atoms with E-state index in [0.29, 0.717) is 11.6 Å². The number of aromatic nitrogens is 2. The molecule has 3 aromatic rings. The summed E-state index contributed by atoms with van der Waals surface area (Å²) in [6.45, 7) is 2.07. The van der Waals surface area contributed by atoms with Crippen LogP contribution in [0.3, 0.4) is 0 Å².